The highest BCUT2D eigenvalue weighted by Crippen LogP contribution is 2.24. The second kappa shape index (κ2) is 8.45. The molecule has 1 aliphatic rings. The lowest BCUT2D eigenvalue weighted by molar-refractivity contribution is 0.0961. The Morgan fingerprint density at radius 3 is 2.63 bits per heavy atom. The number of pyridine rings is 1. The molecule has 0 atom stereocenters. The van der Waals surface area contributed by atoms with Gasteiger partial charge in [0.05, 0.1) is 5.52 Å². The molecule has 1 aliphatic heterocycles. The van der Waals surface area contributed by atoms with Gasteiger partial charge >= 0.3 is 0 Å². The highest BCUT2D eigenvalue weighted by molar-refractivity contribution is 5.99. The molecule has 2 aromatic carbocycles. The average molecular weight is 358 g/mol. The molecule has 0 aliphatic carbocycles. The Morgan fingerprint density at radius 2 is 1.81 bits per heavy atom. The zero-order chi connectivity index (χ0) is 18.5. The molecule has 0 saturated carbocycles. The van der Waals surface area contributed by atoms with Crippen LogP contribution in [0.15, 0.2) is 66.9 Å². The van der Waals surface area contributed by atoms with Crippen molar-refractivity contribution in [3.8, 4) is 0 Å². The maximum Gasteiger partial charge on any atom is 0.162 e. The zero-order valence-corrected chi connectivity index (χ0v) is 15.7. The molecule has 4 rings (SSSR count). The number of aromatic nitrogens is 1. The van der Waals surface area contributed by atoms with Crippen molar-refractivity contribution in [2.45, 2.75) is 32.2 Å². The highest BCUT2D eigenvalue weighted by Gasteiger charge is 2.20. The number of carbonyl (C=O) groups is 1. The van der Waals surface area contributed by atoms with Gasteiger partial charge in [0.15, 0.2) is 5.78 Å². The van der Waals surface area contributed by atoms with Crippen LogP contribution in [0.1, 0.15) is 41.6 Å². The molecule has 3 heteroatoms. The maximum atomic E-state index is 12.6. The number of nitrogens with zero attached hydrogens (tertiary/aromatic N) is 2. The molecule has 0 amide bonds. The van der Waals surface area contributed by atoms with Gasteiger partial charge in [-0.05, 0) is 68.1 Å². The summed E-state index contributed by atoms with van der Waals surface area (Å²) in [4.78, 5) is 19.5. The van der Waals surface area contributed by atoms with Crippen molar-refractivity contribution in [1.29, 1.82) is 0 Å². The first-order chi connectivity index (χ1) is 13.3. The summed E-state index contributed by atoms with van der Waals surface area (Å²) in [6, 6.07) is 20.5. The predicted molar refractivity (Wildman–Crippen MR) is 110 cm³/mol. The Kier molecular flexibility index (Phi) is 5.59. The molecular weight excluding hydrogens is 332 g/mol. The minimum Gasteiger partial charge on any atom is -0.299 e. The summed E-state index contributed by atoms with van der Waals surface area (Å²) in [6.07, 6.45) is 5.83. The lowest BCUT2D eigenvalue weighted by atomic mass is 9.90. The number of ketones is 1. The van der Waals surface area contributed by atoms with E-state index in [0.29, 0.717) is 12.3 Å². The molecule has 3 nitrogen and oxygen atoms in total. The standard InChI is InChI=1S/C24H26N2O/c27-24(22-9-10-23-21(17-22)7-4-14-25-23)11-8-19-12-15-26(16-13-19)18-20-5-2-1-3-6-20/h1-7,9-10,14,17,19H,8,11-13,15-16,18H2. The Hall–Kier alpha value is -2.52. The van der Waals surface area contributed by atoms with E-state index < -0.39 is 0 Å². The van der Waals surface area contributed by atoms with Crippen LogP contribution in [0.2, 0.25) is 0 Å². The third-order valence-corrected chi connectivity index (χ3v) is 5.66. The van der Waals surface area contributed by atoms with E-state index in [1.165, 1.54) is 18.4 Å². The number of rotatable bonds is 6. The molecule has 1 saturated heterocycles. The van der Waals surface area contributed by atoms with Crippen LogP contribution in [0, 0.1) is 5.92 Å². The van der Waals surface area contributed by atoms with Gasteiger partial charge in [-0.1, -0.05) is 36.4 Å². The number of likely N-dealkylation sites (tertiary alicyclic amines) is 1. The number of benzene rings is 2. The second-order valence-electron chi connectivity index (χ2n) is 7.58. The summed E-state index contributed by atoms with van der Waals surface area (Å²) in [5, 5.41) is 1.04. The Labute approximate surface area is 161 Å². The van der Waals surface area contributed by atoms with Crippen LogP contribution in [0.25, 0.3) is 10.9 Å². The number of fused-ring (bicyclic) bond motifs is 1. The fourth-order valence-corrected chi connectivity index (χ4v) is 4.00. The van der Waals surface area contributed by atoms with Gasteiger partial charge < -0.3 is 0 Å². The van der Waals surface area contributed by atoms with Gasteiger partial charge in [0.1, 0.15) is 0 Å². The van der Waals surface area contributed by atoms with Crippen LogP contribution < -0.4 is 0 Å². The molecule has 0 radical (unpaired) electrons. The molecule has 0 N–H and O–H groups in total. The van der Waals surface area contributed by atoms with Crippen molar-refractivity contribution in [2.75, 3.05) is 13.1 Å². The molecule has 1 aromatic heterocycles. The zero-order valence-electron chi connectivity index (χ0n) is 15.7. The molecule has 0 bridgehead atoms. The Bertz CT molecular complexity index is 898. The highest BCUT2D eigenvalue weighted by atomic mass is 16.1. The van der Waals surface area contributed by atoms with Crippen LogP contribution in [0.5, 0.6) is 0 Å². The first-order valence-electron chi connectivity index (χ1n) is 9.92. The Balaban J connectivity index is 1.26. The van der Waals surface area contributed by atoms with E-state index in [1.807, 2.05) is 30.3 Å². The third kappa shape index (κ3) is 4.61. The van der Waals surface area contributed by atoms with Gasteiger partial charge in [-0.15, -0.1) is 0 Å². The van der Waals surface area contributed by atoms with Gasteiger partial charge in [0.2, 0.25) is 0 Å². The summed E-state index contributed by atoms with van der Waals surface area (Å²) in [5.41, 5.74) is 3.15. The molecule has 2 heterocycles. The molecular formula is C24H26N2O. The minimum atomic E-state index is 0.257. The molecule has 1 fully saturated rings. The normalized spacial score (nSPS) is 15.9. The van der Waals surface area contributed by atoms with Crippen molar-refractivity contribution >= 4 is 16.7 Å². The van der Waals surface area contributed by atoms with Gasteiger partial charge in [-0.25, -0.2) is 0 Å². The van der Waals surface area contributed by atoms with Gasteiger partial charge in [-0.2, -0.15) is 0 Å². The lowest BCUT2D eigenvalue weighted by Gasteiger charge is -2.32. The van der Waals surface area contributed by atoms with E-state index in [2.05, 4.69) is 40.2 Å². The largest absolute Gasteiger partial charge is 0.299 e. The van der Waals surface area contributed by atoms with E-state index >= 15 is 0 Å². The topological polar surface area (TPSA) is 33.2 Å². The Morgan fingerprint density at radius 1 is 1.00 bits per heavy atom. The molecule has 3 aromatic rings. The van der Waals surface area contributed by atoms with E-state index in [9.17, 15) is 4.79 Å². The van der Waals surface area contributed by atoms with Crippen LogP contribution in [-0.2, 0) is 6.54 Å². The number of Topliss-reactive ketones (excluding diaryl/α,β-unsaturated/α-hetero) is 1. The van der Waals surface area contributed by atoms with E-state index in [-0.39, 0.29) is 5.78 Å². The van der Waals surface area contributed by atoms with Crippen molar-refractivity contribution in [1.82, 2.24) is 9.88 Å². The SMILES string of the molecule is O=C(CCC1CCN(Cc2ccccc2)CC1)c1ccc2ncccc2c1. The predicted octanol–water partition coefficient (Wildman–Crippen LogP) is 5.11. The minimum absolute atomic E-state index is 0.257. The van der Waals surface area contributed by atoms with Crippen molar-refractivity contribution in [3.05, 3.63) is 78.0 Å². The third-order valence-electron chi connectivity index (χ3n) is 5.66. The average Bonchev–Trinajstić information content (AvgIpc) is 2.73. The van der Waals surface area contributed by atoms with Gasteiger partial charge in [-0.3, -0.25) is 14.7 Å². The van der Waals surface area contributed by atoms with Crippen molar-refractivity contribution < 1.29 is 4.79 Å². The fraction of sp³-hybridized carbons (Fsp3) is 0.333. The van der Waals surface area contributed by atoms with Crippen LogP contribution >= 0.6 is 0 Å². The summed E-state index contributed by atoms with van der Waals surface area (Å²) in [6.45, 7) is 3.31. The first kappa shape index (κ1) is 17.9. The summed E-state index contributed by atoms with van der Waals surface area (Å²) in [5.74, 6) is 0.926. The van der Waals surface area contributed by atoms with Gasteiger partial charge in [0.25, 0.3) is 0 Å². The molecule has 27 heavy (non-hydrogen) atoms. The maximum absolute atomic E-state index is 12.6. The molecule has 0 unspecified atom stereocenters. The quantitative estimate of drug-likeness (QED) is 0.574. The number of carbonyl (C=O) groups excluding carboxylic acids is 1. The first-order valence-corrected chi connectivity index (χ1v) is 9.92. The summed E-state index contributed by atoms with van der Waals surface area (Å²) in [7, 11) is 0. The van der Waals surface area contributed by atoms with E-state index in [1.54, 1.807) is 6.20 Å². The fourth-order valence-electron chi connectivity index (χ4n) is 4.00. The van der Waals surface area contributed by atoms with Crippen molar-refractivity contribution in [2.24, 2.45) is 5.92 Å². The molecule has 138 valence electrons. The van der Waals surface area contributed by atoms with Crippen LogP contribution in [0.3, 0.4) is 0 Å². The second-order valence-corrected chi connectivity index (χ2v) is 7.58. The number of hydrogen-bond acceptors (Lipinski definition) is 3. The van der Waals surface area contributed by atoms with Gasteiger partial charge in [0, 0.05) is 30.1 Å². The monoisotopic (exact) mass is 358 g/mol. The summed E-state index contributed by atoms with van der Waals surface area (Å²) >= 11 is 0. The van der Waals surface area contributed by atoms with E-state index in [0.717, 1.165) is 42.5 Å². The molecule has 0 spiro atoms. The van der Waals surface area contributed by atoms with Crippen LogP contribution in [0.4, 0.5) is 0 Å². The number of hydrogen-bond donors (Lipinski definition) is 0. The van der Waals surface area contributed by atoms with Crippen LogP contribution in [-0.4, -0.2) is 28.8 Å². The van der Waals surface area contributed by atoms with Crippen molar-refractivity contribution in [3.63, 3.8) is 0 Å². The summed E-state index contributed by atoms with van der Waals surface area (Å²) < 4.78 is 0. The number of piperidine rings is 1. The van der Waals surface area contributed by atoms with E-state index in [4.69, 9.17) is 0 Å². The lowest BCUT2D eigenvalue weighted by Crippen LogP contribution is -2.33. The smallest absolute Gasteiger partial charge is 0.162 e.